The molecule has 2 aromatic heterocycles. The Hall–Kier alpha value is -1.61. The molecule has 0 fully saturated rings. The van der Waals surface area contributed by atoms with Gasteiger partial charge in [0.25, 0.3) is 0 Å². The van der Waals surface area contributed by atoms with Crippen molar-refractivity contribution in [3.8, 4) is 0 Å². The third kappa shape index (κ3) is 6.57. The largest absolute Gasteiger partial charge is 1.00 e. The molecule has 0 aliphatic rings. The van der Waals surface area contributed by atoms with Crippen molar-refractivity contribution in [3.05, 3.63) is 55.0 Å². The maximum atomic E-state index is 11.7. The Kier molecular flexibility index (Phi) is 8.04. The van der Waals surface area contributed by atoms with Gasteiger partial charge in [0.1, 0.15) is 31.3 Å². The maximum absolute atomic E-state index is 11.7. The lowest BCUT2D eigenvalue weighted by Crippen LogP contribution is -3.00. The summed E-state index contributed by atoms with van der Waals surface area (Å²) in [6.45, 7) is 6.35. The van der Waals surface area contributed by atoms with E-state index in [-0.39, 0.29) is 30.6 Å². The van der Waals surface area contributed by atoms with E-state index in [4.69, 9.17) is 13.9 Å². The highest BCUT2D eigenvalue weighted by atomic mass is 127. The van der Waals surface area contributed by atoms with Crippen LogP contribution < -0.4 is 28.5 Å². The van der Waals surface area contributed by atoms with E-state index in [2.05, 4.69) is 6.58 Å². The van der Waals surface area contributed by atoms with Crippen molar-refractivity contribution in [2.75, 3.05) is 6.61 Å². The smallest absolute Gasteiger partial charge is 0.333 e. The lowest BCUT2D eigenvalue weighted by Gasteiger charge is -2.16. The number of carbonyl (C=O) groups is 1. The number of nitrogens with zero attached hydrogens (tertiary/aromatic N) is 2. The maximum Gasteiger partial charge on any atom is 0.333 e. The Morgan fingerprint density at radius 1 is 1.52 bits per heavy atom. The molecule has 1 unspecified atom stereocenters. The van der Waals surface area contributed by atoms with Gasteiger partial charge in [-0.3, -0.25) is 0 Å². The Morgan fingerprint density at radius 2 is 2.30 bits per heavy atom. The van der Waals surface area contributed by atoms with Crippen molar-refractivity contribution in [1.29, 1.82) is 0 Å². The minimum Gasteiger partial charge on any atom is -1.00 e. The number of hydrogen-bond donors (Lipinski definition) is 0. The van der Waals surface area contributed by atoms with Gasteiger partial charge >= 0.3 is 5.97 Å². The van der Waals surface area contributed by atoms with Gasteiger partial charge in [-0.1, -0.05) is 6.58 Å². The van der Waals surface area contributed by atoms with Crippen molar-refractivity contribution in [2.24, 2.45) is 7.05 Å². The van der Waals surface area contributed by atoms with Crippen LogP contribution in [0.25, 0.3) is 0 Å². The lowest BCUT2D eigenvalue weighted by molar-refractivity contribution is -0.671. The molecule has 0 aliphatic carbocycles. The molecular weight excluding hydrogens is 411 g/mol. The summed E-state index contributed by atoms with van der Waals surface area (Å²) in [6.07, 6.45) is 6.94. The first-order valence-corrected chi connectivity index (χ1v) is 7.02. The van der Waals surface area contributed by atoms with Crippen LogP contribution in [0, 0.1) is 0 Å². The van der Waals surface area contributed by atoms with Crippen LogP contribution in [0.3, 0.4) is 0 Å². The number of imidazole rings is 1. The Bertz CT molecular complexity index is 622. The van der Waals surface area contributed by atoms with Gasteiger partial charge in [-0.05, 0) is 19.1 Å². The molecule has 2 heterocycles. The van der Waals surface area contributed by atoms with E-state index in [1.807, 2.05) is 41.0 Å². The van der Waals surface area contributed by atoms with Crippen LogP contribution in [-0.4, -0.2) is 23.2 Å². The van der Waals surface area contributed by atoms with Gasteiger partial charge in [0.05, 0.1) is 19.9 Å². The summed E-state index contributed by atoms with van der Waals surface area (Å²) in [5.74, 6) is 0.320. The fourth-order valence-corrected chi connectivity index (χ4v) is 1.91. The van der Waals surface area contributed by atoms with Crippen LogP contribution in [0.1, 0.15) is 12.7 Å². The summed E-state index contributed by atoms with van der Waals surface area (Å²) >= 11 is 0. The molecule has 7 heteroatoms. The van der Waals surface area contributed by atoms with Gasteiger partial charge in [0, 0.05) is 5.57 Å². The second-order valence-electron chi connectivity index (χ2n) is 5.18. The molecule has 0 spiro atoms. The van der Waals surface area contributed by atoms with Crippen LogP contribution in [-0.2, 0) is 34.5 Å². The minimum atomic E-state index is -0.414. The van der Waals surface area contributed by atoms with Gasteiger partial charge in [0.2, 0.25) is 6.33 Å². The topological polar surface area (TPSA) is 57.5 Å². The number of rotatable bonds is 8. The van der Waals surface area contributed by atoms with E-state index in [1.54, 1.807) is 19.3 Å². The molecule has 0 radical (unpaired) electrons. The van der Waals surface area contributed by atoms with E-state index in [0.717, 1.165) is 5.76 Å². The van der Waals surface area contributed by atoms with Gasteiger partial charge < -0.3 is 37.9 Å². The van der Waals surface area contributed by atoms with Gasteiger partial charge in [0.15, 0.2) is 6.10 Å². The predicted octanol–water partition coefficient (Wildman–Crippen LogP) is -1.39. The molecule has 23 heavy (non-hydrogen) atoms. The van der Waals surface area contributed by atoms with Crippen LogP contribution in [0.4, 0.5) is 0 Å². The molecule has 1 atom stereocenters. The Labute approximate surface area is 152 Å². The number of carbonyl (C=O) groups excluding carboxylic acids is 1. The zero-order chi connectivity index (χ0) is 15.9. The quantitative estimate of drug-likeness (QED) is 0.223. The van der Waals surface area contributed by atoms with Gasteiger partial charge in [-0.2, -0.15) is 0 Å². The molecule has 0 amide bonds. The highest BCUT2D eigenvalue weighted by Gasteiger charge is 2.19. The van der Waals surface area contributed by atoms with E-state index in [0.29, 0.717) is 18.7 Å². The third-order valence-corrected chi connectivity index (χ3v) is 2.99. The predicted molar refractivity (Wildman–Crippen MR) is 78.7 cm³/mol. The van der Waals surface area contributed by atoms with Crippen molar-refractivity contribution < 1.29 is 47.2 Å². The number of hydrogen-bond acceptors (Lipinski definition) is 4. The Morgan fingerprint density at radius 3 is 2.87 bits per heavy atom. The summed E-state index contributed by atoms with van der Waals surface area (Å²) in [6, 6.07) is 3.64. The fraction of sp³-hybridized carbons (Fsp3) is 0.375. The molecule has 0 saturated heterocycles. The third-order valence-electron chi connectivity index (χ3n) is 2.99. The number of furan rings is 1. The van der Waals surface area contributed by atoms with Crippen LogP contribution in [0.2, 0.25) is 0 Å². The van der Waals surface area contributed by atoms with Gasteiger partial charge in [-0.15, -0.1) is 0 Å². The number of esters is 1. The number of halogens is 1. The summed E-state index contributed by atoms with van der Waals surface area (Å²) in [7, 11) is 1.93. The van der Waals surface area contributed by atoms with Crippen molar-refractivity contribution in [3.63, 3.8) is 0 Å². The first-order valence-electron chi connectivity index (χ1n) is 7.02. The summed E-state index contributed by atoms with van der Waals surface area (Å²) in [4.78, 5) is 11.7. The second-order valence-corrected chi connectivity index (χ2v) is 5.18. The summed E-state index contributed by atoms with van der Waals surface area (Å²) < 4.78 is 20.1. The zero-order valence-corrected chi connectivity index (χ0v) is 15.4. The van der Waals surface area contributed by atoms with E-state index in [1.165, 1.54) is 0 Å². The highest BCUT2D eigenvalue weighted by molar-refractivity contribution is 5.87. The van der Waals surface area contributed by atoms with Crippen molar-refractivity contribution in [1.82, 2.24) is 4.57 Å². The average Bonchev–Trinajstić information content (AvgIpc) is 3.10. The molecule has 0 bridgehead atoms. The van der Waals surface area contributed by atoms with E-state index in [9.17, 15) is 4.79 Å². The highest BCUT2D eigenvalue weighted by Crippen LogP contribution is 2.06. The van der Waals surface area contributed by atoms with Crippen LogP contribution >= 0.6 is 0 Å². The standard InChI is InChI=1S/C16H21N2O4.HI/c1-13(2)16(19)22-15(9-18-7-6-17(3)12-18)11-20-10-14-5-4-8-21-14;/h4-8,12,15H,1,9-11H2,2-3H3;1H/q+1;/p-1. The molecule has 2 aromatic rings. The van der Waals surface area contributed by atoms with E-state index < -0.39 is 12.1 Å². The lowest BCUT2D eigenvalue weighted by atomic mass is 10.3. The molecule has 0 N–H and O–H groups in total. The molecule has 2 rings (SSSR count). The van der Waals surface area contributed by atoms with E-state index >= 15 is 0 Å². The van der Waals surface area contributed by atoms with Gasteiger partial charge in [-0.25, -0.2) is 13.9 Å². The SMILES string of the molecule is C=C(C)C(=O)OC(COCc1ccco1)Cn1cc[n+](C)c1.[I-]. The number of aromatic nitrogens is 2. The first kappa shape index (κ1) is 19.4. The minimum absolute atomic E-state index is 0. The number of aryl methyl sites for hydroxylation is 1. The monoisotopic (exact) mass is 432 g/mol. The summed E-state index contributed by atoms with van der Waals surface area (Å²) in [5, 5.41) is 0. The molecular formula is C16H21IN2O4. The zero-order valence-electron chi connectivity index (χ0n) is 13.3. The van der Waals surface area contributed by atoms with Crippen LogP contribution in [0.15, 0.2) is 53.7 Å². The van der Waals surface area contributed by atoms with Crippen molar-refractivity contribution >= 4 is 5.97 Å². The average molecular weight is 432 g/mol. The second kappa shape index (κ2) is 9.51. The normalized spacial score (nSPS) is 11.6. The molecule has 0 aromatic carbocycles. The summed E-state index contributed by atoms with van der Waals surface area (Å²) in [5.41, 5.74) is 0.370. The molecule has 6 nitrogen and oxygen atoms in total. The fourth-order valence-electron chi connectivity index (χ4n) is 1.91. The molecule has 0 aliphatic heterocycles. The molecule has 0 saturated carbocycles. The molecule has 126 valence electrons. The number of ether oxygens (including phenoxy) is 2. The van der Waals surface area contributed by atoms with Crippen LogP contribution in [0.5, 0.6) is 0 Å². The first-order chi connectivity index (χ1) is 10.5. The Balaban J connectivity index is 0.00000264. The van der Waals surface area contributed by atoms with Crippen molar-refractivity contribution in [2.45, 2.75) is 26.2 Å².